The van der Waals surface area contributed by atoms with E-state index in [9.17, 15) is 9.59 Å². The van der Waals surface area contributed by atoms with Gasteiger partial charge in [-0.3, -0.25) is 9.59 Å². The Morgan fingerprint density at radius 1 is 1.53 bits per heavy atom. The smallest absolute Gasteiger partial charge is 0.316 e. The van der Waals surface area contributed by atoms with Crippen molar-refractivity contribution in [2.24, 2.45) is 5.41 Å². The van der Waals surface area contributed by atoms with Crippen LogP contribution in [0.5, 0.6) is 0 Å². The molecule has 0 radical (unpaired) electrons. The summed E-state index contributed by atoms with van der Waals surface area (Å²) in [5.74, 6) is -1.95. The van der Waals surface area contributed by atoms with E-state index in [1.807, 2.05) is 6.07 Å². The normalized spacial score (nSPS) is 16.1. The molecule has 0 aliphatic carbocycles. The minimum atomic E-state index is -0.979. The van der Waals surface area contributed by atoms with Crippen molar-refractivity contribution in [2.45, 2.75) is 30.1 Å². The summed E-state index contributed by atoms with van der Waals surface area (Å²) in [5, 5.41) is 26.1. The molecule has 0 fully saturated rings. The second-order valence-electron chi connectivity index (χ2n) is 3.58. The first kappa shape index (κ1) is 14.2. The number of carboxylic acid groups (broad SMARTS) is 2. The highest BCUT2D eigenvalue weighted by atomic mass is 127. The predicted octanol–water partition coefficient (Wildman–Crippen LogP) is 1.66. The van der Waals surface area contributed by atoms with Gasteiger partial charge in [0.25, 0.3) is 0 Å². The third-order valence-electron chi connectivity index (χ3n) is 2.06. The molecule has 5 nitrogen and oxygen atoms in total. The van der Waals surface area contributed by atoms with Gasteiger partial charge in [-0.2, -0.15) is 5.26 Å². The molecule has 0 spiro atoms. The molecule has 0 aromatic rings. The second-order valence-corrected chi connectivity index (χ2v) is 5.08. The van der Waals surface area contributed by atoms with Gasteiger partial charge in [-0.15, -0.1) is 0 Å². The van der Waals surface area contributed by atoms with Crippen LogP contribution in [0, 0.1) is 16.7 Å². The molecule has 0 saturated heterocycles. The van der Waals surface area contributed by atoms with Gasteiger partial charge in [-0.05, 0) is 19.8 Å². The van der Waals surface area contributed by atoms with Crippen LogP contribution in [-0.4, -0.2) is 26.1 Å². The fraction of sp³-hybridized carbons (Fsp3) is 0.667. The van der Waals surface area contributed by atoms with Crippen molar-refractivity contribution in [1.29, 1.82) is 5.26 Å². The SMILES string of the molecule is CC(C#N)(CCC(=O)O)CC(I)C(=O)O. The lowest BCUT2D eigenvalue weighted by molar-refractivity contribution is -0.137. The van der Waals surface area contributed by atoms with Gasteiger partial charge in [0, 0.05) is 6.42 Å². The zero-order chi connectivity index (χ0) is 12.1. The molecule has 15 heavy (non-hydrogen) atoms. The van der Waals surface area contributed by atoms with Gasteiger partial charge >= 0.3 is 11.9 Å². The van der Waals surface area contributed by atoms with E-state index in [-0.39, 0.29) is 19.3 Å². The van der Waals surface area contributed by atoms with Crippen LogP contribution in [0.15, 0.2) is 0 Å². The molecule has 2 unspecified atom stereocenters. The fourth-order valence-electron chi connectivity index (χ4n) is 1.07. The van der Waals surface area contributed by atoms with Crippen molar-refractivity contribution in [1.82, 2.24) is 0 Å². The van der Waals surface area contributed by atoms with Crippen LogP contribution in [0.1, 0.15) is 26.2 Å². The third-order valence-corrected chi connectivity index (χ3v) is 3.03. The molecule has 2 atom stereocenters. The zero-order valence-corrected chi connectivity index (χ0v) is 10.4. The molecule has 0 heterocycles. The Kier molecular flexibility index (Phi) is 5.57. The van der Waals surface area contributed by atoms with Gasteiger partial charge in [0.15, 0.2) is 0 Å². The topological polar surface area (TPSA) is 98.4 Å². The standard InChI is InChI=1S/C9H12INO4/c1-9(5-11,3-2-7(12)13)4-6(10)8(14)15/h6H,2-4H2,1H3,(H,12,13)(H,14,15). The van der Waals surface area contributed by atoms with Gasteiger partial charge in [-0.25, -0.2) is 0 Å². The maximum Gasteiger partial charge on any atom is 0.316 e. The Labute approximate surface area is 101 Å². The van der Waals surface area contributed by atoms with E-state index in [0.717, 1.165) is 0 Å². The summed E-state index contributed by atoms with van der Waals surface area (Å²) in [5.41, 5.74) is -0.886. The first-order valence-electron chi connectivity index (χ1n) is 4.30. The highest BCUT2D eigenvalue weighted by Crippen LogP contribution is 2.31. The number of alkyl halides is 1. The molecular formula is C9H12INO4. The number of carbonyl (C=O) groups is 2. The Morgan fingerprint density at radius 3 is 2.40 bits per heavy atom. The van der Waals surface area contributed by atoms with Crippen LogP contribution in [0.3, 0.4) is 0 Å². The third kappa shape index (κ3) is 5.57. The lowest BCUT2D eigenvalue weighted by Gasteiger charge is -2.21. The monoisotopic (exact) mass is 325 g/mol. The molecule has 0 aromatic heterocycles. The molecule has 2 N–H and O–H groups in total. The number of carboxylic acids is 2. The number of hydrogen-bond acceptors (Lipinski definition) is 3. The highest BCUT2D eigenvalue weighted by Gasteiger charge is 2.30. The molecule has 0 amide bonds. The van der Waals surface area contributed by atoms with E-state index in [1.165, 1.54) is 0 Å². The van der Waals surface area contributed by atoms with E-state index in [0.29, 0.717) is 0 Å². The number of halogens is 1. The number of hydrogen-bond donors (Lipinski definition) is 2. The lowest BCUT2D eigenvalue weighted by atomic mass is 9.82. The Bertz CT molecular complexity index is 299. The van der Waals surface area contributed by atoms with E-state index < -0.39 is 21.3 Å². The maximum atomic E-state index is 10.6. The molecular weight excluding hydrogens is 313 g/mol. The highest BCUT2D eigenvalue weighted by molar-refractivity contribution is 14.1. The fourth-order valence-corrected chi connectivity index (χ4v) is 2.04. The van der Waals surface area contributed by atoms with Gasteiger partial charge in [0.2, 0.25) is 0 Å². The van der Waals surface area contributed by atoms with Gasteiger partial charge in [0.1, 0.15) is 3.92 Å². The summed E-state index contributed by atoms with van der Waals surface area (Å²) in [7, 11) is 0. The molecule has 0 saturated carbocycles. The quantitative estimate of drug-likeness (QED) is 0.572. The second kappa shape index (κ2) is 5.90. The van der Waals surface area contributed by atoms with Crippen molar-refractivity contribution in [3.8, 4) is 6.07 Å². The number of rotatable bonds is 6. The Morgan fingerprint density at radius 2 is 2.07 bits per heavy atom. The van der Waals surface area contributed by atoms with Crippen molar-refractivity contribution in [3.63, 3.8) is 0 Å². The van der Waals surface area contributed by atoms with E-state index in [4.69, 9.17) is 15.5 Å². The van der Waals surface area contributed by atoms with Gasteiger partial charge < -0.3 is 10.2 Å². The summed E-state index contributed by atoms with van der Waals surface area (Å²) < 4.78 is -0.666. The van der Waals surface area contributed by atoms with Crippen LogP contribution in [0.2, 0.25) is 0 Å². The molecule has 0 bridgehead atoms. The molecule has 0 aliphatic rings. The van der Waals surface area contributed by atoms with Crippen molar-refractivity contribution in [3.05, 3.63) is 0 Å². The Hall–Kier alpha value is -0.840. The molecule has 0 aliphatic heterocycles. The summed E-state index contributed by atoms with van der Waals surface area (Å²) in [6, 6.07) is 1.99. The minimum absolute atomic E-state index is 0.118. The van der Waals surface area contributed by atoms with Gasteiger partial charge in [-0.1, -0.05) is 22.6 Å². The van der Waals surface area contributed by atoms with Crippen molar-refractivity contribution in [2.75, 3.05) is 0 Å². The zero-order valence-electron chi connectivity index (χ0n) is 8.23. The van der Waals surface area contributed by atoms with Crippen LogP contribution in [0.25, 0.3) is 0 Å². The average molecular weight is 325 g/mol. The Balaban J connectivity index is 4.38. The van der Waals surface area contributed by atoms with E-state index in [2.05, 4.69) is 0 Å². The van der Waals surface area contributed by atoms with Gasteiger partial charge in [0.05, 0.1) is 11.5 Å². The maximum absolute atomic E-state index is 10.6. The molecule has 84 valence electrons. The number of aliphatic carboxylic acids is 2. The minimum Gasteiger partial charge on any atom is -0.481 e. The number of nitriles is 1. The molecule has 0 aromatic carbocycles. The lowest BCUT2D eigenvalue weighted by Crippen LogP contribution is -2.24. The molecule has 0 rings (SSSR count). The van der Waals surface area contributed by atoms with E-state index in [1.54, 1.807) is 29.5 Å². The van der Waals surface area contributed by atoms with Crippen LogP contribution in [-0.2, 0) is 9.59 Å². The predicted molar refractivity (Wildman–Crippen MR) is 60.7 cm³/mol. The van der Waals surface area contributed by atoms with Crippen molar-refractivity contribution < 1.29 is 19.8 Å². The van der Waals surface area contributed by atoms with E-state index >= 15 is 0 Å². The first-order valence-corrected chi connectivity index (χ1v) is 5.55. The summed E-state index contributed by atoms with van der Waals surface area (Å²) >= 11 is 1.74. The number of nitrogens with zero attached hydrogens (tertiary/aromatic N) is 1. The van der Waals surface area contributed by atoms with Crippen LogP contribution < -0.4 is 0 Å². The summed E-state index contributed by atoms with van der Waals surface area (Å²) in [4.78, 5) is 21.0. The average Bonchev–Trinajstić information content (AvgIpc) is 2.14. The molecule has 6 heteroatoms. The largest absolute Gasteiger partial charge is 0.481 e. The van der Waals surface area contributed by atoms with Crippen molar-refractivity contribution >= 4 is 34.5 Å². The first-order chi connectivity index (χ1) is 6.80. The summed E-state index contributed by atoms with van der Waals surface area (Å²) in [6.45, 7) is 1.59. The summed E-state index contributed by atoms with van der Waals surface area (Å²) in [6.07, 6.45) is 0.214. The van der Waals surface area contributed by atoms with Crippen LogP contribution >= 0.6 is 22.6 Å². The van der Waals surface area contributed by atoms with Crippen LogP contribution in [0.4, 0.5) is 0 Å².